The predicted molar refractivity (Wildman–Crippen MR) is 95.2 cm³/mol. The van der Waals surface area contributed by atoms with Crippen LogP contribution in [-0.2, 0) is 13.1 Å². The van der Waals surface area contributed by atoms with Crippen molar-refractivity contribution in [1.29, 1.82) is 0 Å². The van der Waals surface area contributed by atoms with Crippen molar-refractivity contribution in [3.63, 3.8) is 0 Å². The molecule has 0 saturated carbocycles. The van der Waals surface area contributed by atoms with Crippen LogP contribution in [-0.4, -0.2) is 31.4 Å². The van der Waals surface area contributed by atoms with E-state index >= 15 is 0 Å². The average Bonchev–Trinajstić information content (AvgIpc) is 2.62. The standard InChI is InChI=1S/C18H23N3O4/c1-13-10-16(25-3)11-17(22)21(13)9-8-19-18(23)20-12-14-4-6-15(24-2)7-5-14/h4-7,10-11H,8-9,12H2,1-3H3,(H2,19,20,23). The highest BCUT2D eigenvalue weighted by Gasteiger charge is 2.05. The molecular formula is C18H23N3O4. The minimum atomic E-state index is -0.282. The number of ether oxygens (including phenoxy) is 2. The number of urea groups is 1. The number of aromatic nitrogens is 1. The van der Waals surface area contributed by atoms with Gasteiger partial charge in [-0.2, -0.15) is 0 Å². The number of nitrogens with one attached hydrogen (secondary N) is 2. The molecule has 1 heterocycles. The Hall–Kier alpha value is -2.96. The number of nitrogens with zero attached hydrogens (tertiary/aromatic N) is 1. The highest BCUT2D eigenvalue weighted by atomic mass is 16.5. The van der Waals surface area contributed by atoms with Crippen LogP contribution >= 0.6 is 0 Å². The molecular weight excluding hydrogens is 322 g/mol. The Labute approximate surface area is 146 Å². The summed E-state index contributed by atoms with van der Waals surface area (Å²) in [6, 6.07) is 10.4. The van der Waals surface area contributed by atoms with Crippen LogP contribution in [0, 0.1) is 6.92 Å². The summed E-state index contributed by atoms with van der Waals surface area (Å²) < 4.78 is 11.7. The summed E-state index contributed by atoms with van der Waals surface area (Å²) in [5, 5.41) is 5.51. The molecule has 134 valence electrons. The van der Waals surface area contributed by atoms with Gasteiger partial charge < -0.3 is 24.7 Å². The van der Waals surface area contributed by atoms with Gasteiger partial charge in [-0.05, 0) is 30.7 Å². The van der Waals surface area contributed by atoms with Crippen LogP contribution in [0.5, 0.6) is 11.5 Å². The smallest absolute Gasteiger partial charge is 0.315 e. The Morgan fingerprint density at radius 2 is 1.72 bits per heavy atom. The lowest BCUT2D eigenvalue weighted by atomic mass is 10.2. The van der Waals surface area contributed by atoms with Gasteiger partial charge in [0.1, 0.15) is 11.5 Å². The van der Waals surface area contributed by atoms with Crippen LogP contribution < -0.4 is 25.7 Å². The number of hydrogen-bond acceptors (Lipinski definition) is 4. The van der Waals surface area contributed by atoms with E-state index in [1.807, 2.05) is 31.2 Å². The number of methoxy groups -OCH3 is 2. The summed E-state index contributed by atoms with van der Waals surface area (Å²) in [6.07, 6.45) is 0. The van der Waals surface area contributed by atoms with E-state index in [2.05, 4.69) is 10.6 Å². The van der Waals surface area contributed by atoms with Crippen molar-refractivity contribution in [2.75, 3.05) is 20.8 Å². The minimum absolute atomic E-state index is 0.155. The molecule has 0 aliphatic heterocycles. The van der Waals surface area contributed by atoms with Crippen molar-refractivity contribution >= 4 is 6.03 Å². The van der Waals surface area contributed by atoms with E-state index in [0.717, 1.165) is 17.0 Å². The van der Waals surface area contributed by atoms with Crippen LogP contribution in [0.3, 0.4) is 0 Å². The minimum Gasteiger partial charge on any atom is -0.497 e. The second kappa shape index (κ2) is 8.77. The molecule has 7 nitrogen and oxygen atoms in total. The summed E-state index contributed by atoms with van der Waals surface area (Å²) in [4.78, 5) is 23.8. The zero-order valence-electron chi connectivity index (χ0n) is 14.7. The molecule has 0 radical (unpaired) electrons. The van der Waals surface area contributed by atoms with Gasteiger partial charge in [0.05, 0.1) is 14.2 Å². The van der Waals surface area contributed by atoms with Crippen molar-refractivity contribution < 1.29 is 14.3 Å². The molecule has 25 heavy (non-hydrogen) atoms. The van der Waals surface area contributed by atoms with E-state index < -0.39 is 0 Å². The maximum Gasteiger partial charge on any atom is 0.315 e. The first-order chi connectivity index (χ1) is 12.0. The van der Waals surface area contributed by atoms with Crippen molar-refractivity contribution in [1.82, 2.24) is 15.2 Å². The zero-order valence-corrected chi connectivity index (χ0v) is 14.7. The highest BCUT2D eigenvalue weighted by Crippen LogP contribution is 2.11. The highest BCUT2D eigenvalue weighted by molar-refractivity contribution is 5.73. The summed E-state index contributed by atoms with van der Waals surface area (Å²) in [6.45, 7) is 2.98. The number of hydrogen-bond donors (Lipinski definition) is 2. The van der Waals surface area contributed by atoms with E-state index in [0.29, 0.717) is 25.4 Å². The van der Waals surface area contributed by atoms with Crippen molar-refractivity contribution in [2.45, 2.75) is 20.0 Å². The molecule has 0 saturated heterocycles. The van der Waals surface area contributed by atoms with Gasteiger partial charge in [-0.3, -0.25) is 4.79 Å². The molecule has 1 aromatic heterocycles. The van der Waals surface area contributed by atoms with Crippen molar-refractivity contribution in [3.05, 3.63) is 58.0 Å². The fraction of sp³-hybridized carbons (Fsp3) is 0.333. The summed E-state index contributed by atoms with van der Waals surface area (Å²) >= 11 is 0. The largest absolute Gasteiger partial charge is 0.497 e. The summed E-state index contributed by atoms with van der Waals surface area (Å²) in [7, 11) is 3.13. The fourth-order valence-corrected chi connectivity index (χ4v) is 2.37. The lowest BCUT2D eigenvalue weighted by Gasteiger charge is -2.12. The molecule has 0 aliphatic carbocycles. The van der Waals surface area contributed by atoms with Gasteiger partial charge in [-0.1, -0.05) is 12.1 Å². The second-order valence-corrected chi connectivity index (χ2v) is 5.48. The molecule has 0 atom stereocenters. The zero-order chi connectivity index (χ0) is 18.2. The molecule has 0 spiro atoms. The Morgan fingerprint density at radius 1 is 1.04 bits per heavy atom. The lowest BCUT2D eigenvalue weighted by Crippen LogP contribution is -2.38. The number of rotatable bonds is 7. The van der Waals surface area contributed by atoms with E-state index in [1.54, 1.807) is 17.7 Å². The maximum absolute atomic E-state index is 12.0. The normalized spacial score (nSPS) is 10.2. The molecule has 7 heteroatoms. The molecule has 0 fully saturated rings. The fourth-order valence-electron chi connectivity index (χ4n) is 2.37. The first-order valence-corrected chi connectivity index (χ1v) is 7.93. The van der Waals surface area contributed by atoms with E-state index in [4.69, 9.17) is 9.47 Å². The third-order valence-electron chi connectivity index (χ3n) is 3.78. The SMILES string of the molecule is COc1ccc(CNC(=O)NCCn2c(C)cc(OC)cc2=O)cc1. The third kappa shape index (κ3) is 5.27. The van der Waals surface area contributed by atoms with Gasteiger partial charge in [0.2, 0.25) is 0 Å². The number of carbonyl (C=O) groups is 1. The Balaban J connectivity index is 1.79. The Bertz CT molecular complexity index is 769. The number of aryl methyl sites for hydroxylation is 1. The van der Waals surface area contributed by atoms with Gasteiger partial charge >= 0.3 is 6.03 Å². The molecule has 0 bridgehead atoms. The number of pyridine rings is 1. The van der Waals surface area contributed by atoms with Crippen LogP contribution in [0.2, 0.25) is 0 Å². The van der Waals surface area contributed by atoms with Gasteiger partial charge in [0.25, 0.3) is 5.56 Å². The molecule has 2 N–H and O–H groups in total. The molecule has 0 aliphatic rings. The van der Waals surface area contributed by atoms with Gasteiger partial charge in [0.15, 0.2) is 0 Å². The van der Waals surface area contributed by atoms with Crippen LogP contribution in [0.1, 0.15) is 11.3 Å². The predicted octanol–water partition coefficient (Wildman–Crippen LogP) is 1.67. The average molecular weight is 345 g/mol. The van der Waals surface area contributed by atoms with Crippen LogP contribution in [0.4, 0.5) is 4.79 Å². The van der Waals surface area contributed by atoms with E-state index in [1.165, 1.54) is 13.2 Å². The van der Waals surface area contributed by atoms with Crippen molar-refractivity contribution in [3.8, 4) is 11.5 Å². The lowest BCUT2D eigenvalue weighted by molar-refractivity contribution is 0.240. The number of benzene rings is 1. The van der Waals surface area contributed by atoms with Crippen LogP contribution in [0.25, 0.3) is 0 Å². The summed E-state index contributed by atoms with van der Waals surface area (Å²) in [5.74, 6) is 1.30. The van der Waals surface area contributed by atoms with Gasteiger partial charge in [-0.25, -0.2) is 4.79 Å². The molecule has 2 rings (SSSR count). The third-order valence-corrected chi connectivity index (χ3v) is 3.78. The maximum atomic E-state index is 12.0. The van der Waals surface area contributed by atoms with Crippen molar-refractivity contribution in [2.24, 2.45) is 0 Å². The molecule has 2 aromatic rings. The topological polar surface area (TPSA) is 81.6 Å². The van der Waals surface area contributed by atoms with Gasteiger partial charge in [-0.15, -0.1) is 0 Å². The Kier molecular flexibility index (Phi) is 6.45. The quantitative estimate of drug-likeness (QED) is 0.800. The van der Waals surface area contributed by atoms with E-state index in [9.17, 15) is 9.59 Å². The Morgan fingerprint density at radius 3 is 2.32 bits per heavy atom. The number of carbonyl (C=O) groups excluding carboxylic acids is 1. The molecule has 1 aromatic carbocycles. The van der Waals surface area contributed by atoms with Crippen LogP contribution in [0.15, 0.2) is 41.2 Å². The first-order valence-electron chi connectivity index (χ1n) is 7.93. The monoisotopic (exact) mass is 345 g/mol. The van der Waals surface area contributed by atoms with E-state index in [-0.39, 0.29) is 11.6 Å². The summed E-state index contributed by atoms with van der Waals surface area (Å²) in [5.41, 5.74) is 1.60. The van der Waals surface area contributed by atoms with Gasteiger partial charge in [0, 0.05) is 31.4 Å². The molecule has 0 unspecified atom stereocenters. The molecule has 2 amide bonds. The number of amides is 2. The second-order valence-electron chi connectivity index (χ2n) is 5.48. The first kappa shape index (κ1) is 18.4.